The summed E-state index contributed by atoms with van der Waals surface area (Å²) < 4.78 is 0. The first-order valence-corrected chi connectivity index (χ1v) is 8.70. The number of halogens is 2. The van der Waals surface area contributed by atoms with Crippen LogP contribution in [0.3, 0.4) is 0 Å². The Labute approximate surface area is 159 Å². The number of benzene rings is 1. The number of aromatic nitrogens is 1. The van der Waals surface area contributed by atoms with Gasteiger partial charge < -0.3 is 10.2 Å². The Balaban J connectivity index is 0.00000182. The number of aryl methyl sites for hydroxylation is 1. The van der Waals surface area contributed by atoms with E-state index < -0.39 is 0 Å². The number of nitrogens with zero attached hydrogens (tertiary/aromatic N) is 2. The van der Waals surface area contributed by atoms with Gasteiger partial charge in [-0.25, -0.2) is 0 Å². The molecule has 2 fully saturated rings. The number of hydrogen-bond acceptors (Lipinski definition) is 3. The molecule has 0 saturated carbocycles. The molecule has 132 valence electrons. The first-order valence-electron chi connectivity index (χ1n) is 8.33. The number of rotatable bonds is 2. The Bertz CT molecular complexity index is 783. The van der Waals surface area contributed by atoms with Crippen molar-refractivity contribution < 1.29 is 4.79 Å². The van der Waals surface area contributed by atoms with E-state index >= 15 is 0 Å². The molecule has 1 aromatic carbocycles. The van der Waals surface area contributed by atoms with E-state index in [0.29, 0.717) is 22.4 Å². The monoisotopic (exact) mass is 377 g/mol. The van der Waals surface area contributed by atoms with Crippen LogP contribution in [-0.2, 0) is 0 Å². The van der Waals surface area contributed by atoms with Crippen LogP contribution in [-0.4, -0.2) is 35.4 Å². The molecule has 0 aliphatic carbocycles. The lowest BCUT2D eigenvalue weighted by molar-refractivity contribution is 0.0713. The van der Waals surface area contributed by atoms with Gasteiger partial charge in [-0.05, 0) is 30.0 Å². The van der Waals surface area contributed by atoms with Gasteiger partial charge in [-0.1, -0.05) is 35.9 Å². The summed E-state index contributed by atoms with van der Waals surface area (Å²) in [5, 5.41) is 3.98. The zero-order chi connectivity index (χ0) is 16.7. The van der Waals surface area contributed by atoms with Crippen LogP contribution in [0.25, 0.3) is 0 Å². The van der Waals surface area contributed by atoms with Crippen molar-refractivity contribution in [1.82, 2.24) is 15.2 Å². The average molecular weight is 378 g/mol. The lowest BCUT2D eigenvalue weighted by Crippen LogP contribution is -2.35. The van der Waals surface area contributed by atoms with Crippen LogP contribution in [0.2, 0.25) is 5.02 Å². The normalized spacial score (nSPS) is 24.7. The van der Waals surface area contributed by atoms with Gasteiger partial charge in [0.05, 0.1) is 16.6 Å². The van der Waals surface area contributed by atoms with E-state index in [-0.39, 0.29) is 24.4 Å². The molecule has 6 heteroatoms. The standard InChI is InChI=1S/C19H20ClN3O.ClH/c1-12-4-2-3-5-16(12)18-17-10-22-8-14(17)11-23(18)19(24)13-6-15(20)9-21-7-13;/h2-7,9,14,17-18,22H,8,10-11H2,1H3;1H/t14-,17-,18+;/m0./s1. The largest absolute Gasteiger partial charge is 0.331 e. The summed E-state index contributed by atoms with van der Waals surface area (Å²) >= 11 is 6.03. The molecule has 1 aromatic heterocycles. The van der Waals surface area contributed by atoms with Gasteiger partial charge >= 0.3 is 0 Å². The average Bonchev–Trinajstić information content (AvgIpc) is 3.16. The molecule has 2 aliphatic rings. The van der Waals surface area contributed by atoms with Crippen LogP contribution in [0.5, 0.6) is 0 Å². The molecule has 1 amide bonds. The summed E-state index contributed by atoms with van der Waals surface area (Å²) in [5.41, 5.74) is 3.04. The van der Waals surface area contributed by atoms with Gasteiger partial charge in [0.25, 0.3) is 5.91 Å². The van der Waals surface area contributed by atoms with Crippen LogP contribution < -0.4 is 5.32 Å². The number of amides is 1. The van der Waals surface area contributed by atoms with Crippen molar-refractivity contribution in [1.29, 1.82) is 0 Å². The first kappa shape index (κ1) is 18.2. The number of nitrogens with one attached hydrogen (secondary N) is 1. The van der Waals surface area contributed by atoms with Gasteiger partial charge in [0.15, 0.2) is 0 Å². The highest BCUT2D eigenvalue weighted by Crippen LogP contribution is 2.44. The number of likely N-dealkylation sites (tertiary alicyclic amines) is 1. The molecule has 4 nitrogen and oxygen atoms in total. The first-order chi connectivity index (χ1) is 11.6. The molecule has 3 heterocycles. The number of hydrogen-bond donors (Lipinski definition) is 1. The third-order valence-corrected chi connectivity index (χ3v) is 5.49. The lowest BCUT2D eigenvalue weighted by atomic mass is 9.87. The van der Waals surface area contributed by atoms with E-state index in [1.807, 2.05) is 11.0 Å². The smallest absolute Gasteiger partial charge is 0.256 e. The molecule has 1 N–H and O–H groups in total. The summed E-state index contributed by atoms with van der Waals surface area (Å²) in [6.07, 6.45) is 3.16. The van der Waals surface area contributed by atoms with Gasteiger partial charge in [0.2, 0.25) is 0 Å². The Morgan fingerprint density at radius 1 is 1.28 bits per heavy atom. The molecule has 4 rings (SSSR count). The van der Waals surface area contributed by atoms with Crippen LogP contribution in [0.15, 0.2) is 42.7 Å². The van der Waals surface area contributed by atoms with Gasteiger partial charge in [-0.3, -0.25) is 9.78 Å². The predicted molar refractivity (Wildman–Crippen MR) is 101 cm³/mol. The van der Waals surface area contributed by atoms with E-state index in [1.54, 1.807) is 18.5 Å². The highest BCUT2D eigenvalue weighted by Gasteiger charge is 2.47. The summed E-state index contributed by atoms with van der Waals surface area (Å²) in [5.74, 6) is 0.987. The van der Waals surface area contributed by atoms with Crippen LogP contribution in [0, 0.1) is 18.8 Å². The minimum Gasteiger partial charge on any atom is -0.331 e. The molecule has 2 saturated heterocycles. The topological polar surface area (TPSA) is 45.2 Å². The predicted octanol–water partition coefficient (Wildman–Crippen LogP) is 3.50. The maximum absolute atomic E-state index is 13.1. The number of fused-ring (bicyclic) bond motifs is 1. The molecule has 0 spiro atoms. The highest BCUT2D eigenvalue weighted by atomic mass is 35.5. The maximum Gasteiger partial charge on any atom is 0.256 e. The van der Waals surface area contributed by atoms with E-state index in [2.05, 4.69) is 35.4 Å². The molecule has 0 bridgehead atoms. The molecule has 0 unspecified atom stereocenters. The third-order valence-electron chi connectivity index (χ3n) is 5.28. The van der Waals surface area contributed by atoms with Crippen molar-refractivity contribution in [2.45, 2.75) is 13.0 Å². The number of carbonyl (C=O) groups is 1. The molecule has 2 aromatic rings. The van der Waals surface area contributed by atoms with Crippen LogP contribution >= 0.6 is 24.0 Å². The Morgan fingerprint density at radius 2 is 2.08 bits per heavy atom. The second-order valence-electron chi connectivity index (χ2n) is 6.73. The van der Waals surface area contributed by atoms with Gasteiger partial charge in [-0.15, -0.1) is 12.4 Å². The van der Waals surface area contributed by atoms with Crippen molar-refractivity contribution in [2.24, 2.45) is 11.8 Å². The zero-order valence-corrected chi connectivity index (χ0v) is 15.6. The minimum atomic E-state index is 0. The van der Waals surface area contributed by atoms with Crippen LogP contribution in [0.1, 0.15) is 27.5 Å². The van der Waals surface area contributed by atoms with Gasteiger partial charge in [-0.2, -0.15) is 0 Å². The molecular weight excluding hydrogens is 357 g/mol. The summed E-state index contributed by atoms with van der Waals surface area (Å²) in [6, 6.07) is 10.2. The fraction of sp³-hybridized carbons (Fsp3) is 0.368. The van der Waals surface area contributed by atoms with E-state index in [0.717, 1.165) is 19.6 Å². The third kappa shape index (κ3) is 3.26. The number of pyridine rings is 1. The summed E-state index contributed by atoms with van der Waals surface area (Å²) in [7, 11) is 0. The Hall–Kier alpha value is -1.62. The van der Waals surface area contributed by atoms with Gasteiger partial charge in [0.1, 0.15) is 0 Å². The van der Waals surface area contributed by atoms with Crippen molar-refractivity contribution in [3.63, 3.8) is 0 Å². The molecular formula is C19H21Cl2N3O. The quantitative estimate of drug-likeness (QED) is 0.870. The van der Waals surface area contributed by atoms with Crippen molar-refractivity contribution in [3.8, 4) is 0 Å². The SMILES string of the molecule is Cc1ccccc1[C@@H]1[C@H]2CNC[C@H]2CN1C(=O)c1cncc(Cl)c1.Cl. The lowest BCUT2D eigenvalue weighted by Gasteiger charge is -2.29. The van der Waals surface area contributed by atoms with E-state index in [9.17, 15) is 4.79 Å². The van der Waals surface area contributed by atoms with Gasteiger partial charge in [0, 0.05) is 37.9 Å². The molecule has 25 heavy (non-hydrogen) atoms. The Morgan fingerprint density at radius 3 is 2.84 bits per heavy atom. The number of carbonyl (C=O) groups excluding carboxylic acids is 1. The molecule has 3 atom stereocenters. The summed E-state index contributed by atoms with van der Waals surface area (Å²) in [6.45, 7) is 4.84. The molecule has 2 aliphatic heterocycles. The molecule has 0 radical (unpaired) electrons. The van der Waals surface area contributed by atoms with E-state index in [1.165, 1.54) is 11.1 Å². The van der Waals surface area contributed by atoms with E-state index in [4.69, 9.17) is 11.6 Å². The second kappa shape index (κ2) is 7.32. The van der Waals surface area contributed by atoms with Crippen molar-refractivity contribution in [3.05, 3.63) is 64.4 Å². The van der Waals surface area contributed by atoms with Crippen molar-refractivity contribution >= 4 is 29.9 Å². The van der Waals surface area contributed by atoms with Crippen molar-refractivity contribution in [2.75, 3.05) is 19.6 Å². The zero-order valence-electron chi connectivity index (χ0n) is 14.0. The maximum atomic E-state index is 13.1. The second-order valence-corrected chi connectivity index (χ2v) is 7.17. The highest BCUT2D eigenvalue weighted by molar-refractivity contribution is 6.30. The fourth-order valence-electron chi connectivity index (χ4n) is 4.14. The summed E-state index contributed by atoms with van der Waals surface area (Å²) in [4.78, 5) is 19.2. The fourth-order valence-corrected chi connectivity index (χ4v) is 4.32. The van der Waals surface area contributed by atoms with Crippen LogP contribution in [0.4, 0.5) is 0 Å². The minimum absolute atomic E-state index is 0. The Kier molecular flexibility index (Phi) is 5.32.